The normalized spacial score (nSPS) is 24.0. The number of fused-ring (bicyclic) bond motifs is 1. The molecule has 2 aromatic rings. The van der Waals surface area contributed by atoms with Crippen molar-refractivity contribution in [3.63, 3.8) is 0 Å². The Morgan fingerprint density at radius 1 is 1.30 bits per heavy atom. The molecule has 1 aliphatic carbocycles. The molecule has 2 heterocycles. The van der Waals surface area contributed by atoms with Gasteiger partial charge in [-0.3, -0.25) is 14.9 Å². The molecule has 10 nitrogen and oxygen atoms in total. The molecule has 0 radical (unpaired) electrons. The van der Waals surface area contributed by atoms with Crippen molar-refractivity contribution >= 4 is 17.6 Å². The Kier molecular flexibility index (Phi) is 4.09. The molecular weight excluding hydrogens is 354 g/mol. The van der Waals surface area contributed by atoms with Crippen molar-refractivity contribution in [2.24, 2.45) is 11.8 Å². The maximum atomic E-state index is 12.9. The van der Waals surface area contributed by atoms with Crippen LogP contribution < -0.4 is 0 Å². The van der Waals surface area contributed by atoms with Crippen LogP contribution in [0.2, 0.25) is 0 Å². The predicted octanol–water partition coefficient (Wildman–Crippen LogP) is 1.50. The summed E-state index contributed by atoms with van der Waals surface area (Å²) in [6, 6.07) is 4.96. The number of carboxylic acids is 1. The van der Waals surface area contributed by atoms with Gasteiger partial charge in [0.2, 0.25) is 0 Å². The topological polar surface area (TPSA) is 131 Å². The van der Waals surface area contributed by atoms with Crippen LogP contribution in [0.25, 0.3) is 5.69 Å². The molecule has 0 bridgehead atoms. The summed E-state index contributed by atoms with van der Waals surface area (Å²) >= 11 is 0. The van der Waals surface area contributed by atoms with E-state index in [2.05, 4.69) is 10.3 Å². The number of carbonyl (C=O) groups is 2. The van der Waals surface area contributed by atoms with Crippen molar-refractivity contribution in [1.29, 1.82) is 0 Å². The number of amides is 1. The lowest BCUT2D eigenvalue weighted by molar-refractivity contribution is -0.384. The van der Waals surface area contributed by atoms with Crippen molar-refractivity contribution < 1.29 is 19.6 Å². The second-order valence-corrected chi connectivity index (χ2v) is 6.92. The first-order valence-electron chi connectivity index (χ1n) is 8.66. The lowest BCUT2D eigenvalue weighted by Gasteiger charge is -2.23. The number of hydrogen-bond donors (Lipinski definition) is 1. The highest BCUT2D eigenvalue weighted by Gasteiger charge is 2.50. The summed E-state index contributed by atoms with van der Waals surface area (Å²) in [4.78, 5) is 36.3. The average Bonchev–Trinajstić information content (AvgIpc) is 3.36. The first-order valence-corrected chi connectivity index (χ1v) is 8.66. The van der Waals surface area contributed by atoms with Crippen molar-refractivity contribution in [3.05, 3.63) is 46.3 Å². The zero-order valence-electron chi connectivity index (χ0n) is 14.3. The Morgan fingerprint density at radius 3 is 2.85 bits per heavy atom. The minimum atomic E-state index is -0.996. The van der Waals surface area contributed by atoms with Gasteiger partial charge in [0.15, 0.2) is 5.69 Å². The molecule has 2 aliphatic rings. The molecule has 10 heteroatoms. The zero-order chi connectivity index (χ0) is 19.1. The van der Waals surface area contributed by atoms with Gasteiger partial charge in [-0.2, -0.15) is 0 Å². The fourth-order valence-electron chi connectivity index (χ4n) is 4.22. The van der Waals surface area contributed by atoms with Crippen molar-refractivity contribution in [2.75, 3.05) is 6.54 Å². The second kappa shape index (κ2) is 6.45. The van der Waals surface area contributed by atoms with Gasteiger partial charge in [0.1, 0.15) is 6.04 Å². The molecule has 3 unspecified atom stereocenters. The summed E-state index contributed by atoms with van der Waals surface area (Å²) in [5.41, 5.74) is 0.311. The van der Waals surface area contributed by atoms with Crippen molar-refractivity contribution in [2.45, 2.75) is 25.3 Å². The Morgan fingerprint density at radius 2 is 2.11 bits per heavy atom. The fourth-order valence-corrected chi connectivity index (χ4v) is 4.22. The number of benzene rings is 1. The van der Waals surface area contributed by atoms with Crippen molar-refractivity contribution in [1.82, 2.24) is 19.9 Å². The van der Waals surface area contributed by atoms with Crippen LogP contribution in [-0.2, 0) is 4.79 Å². The highest BCUT2D eigenvalue weighted by molar-refractivity contribution is 5.95. The quantitative estimate of drug-likeness (QED) is 0.636. The van der Waals surface area contributed by atoms with E-state index in [0.29, 0.717) is 12.2 Å². The number of nitrogens with zero attached hydrogens (tertiary/aromatic N) is 5. The third-order valence-corrected chi connectivity index (χ3v) is 5.42. The van der Waals surface area contributed by atoms with Gasteiger partial charge < -0.3 is 10.0 Å². The number of carbonyl (C=O) groups excluding carboxylic acids is 1. The van der Waals surface area contributed by atoms with Gasteiger partial charge in [0.25, 0.3) is 11.6 Å². The Balaban J connectivity index is 1.60. The summed E-state index contributed by atoms with van der Waals surface area (Å²) in [6.07, 6.45) is 4.10. The van der Waals surface area contributed by atoms with E-state index in [-0.39, 0.29) is 23.2 Å². The zero-order valence-corrected chi connectivity index (χ0v) is 14.3. The van der Waals surface area contributed by atoms with E-state index in [1.807, 2.05) is 0 Å². The van der Waals surface area contributed by atoms with Gasteiger partial charge >= 0.3 is 5.97 Å². The molecular formula is C17H17N5O5. The van der Waals surface area contributed by atoms with Gasteiger partial charge in [0.05, 0.1) is 16.8 Å². The van der Waals surface area contributed by atoms with Gasteiger partial charge in [-0.15, -0.1) is 5.10 Å². The van der Waals surface area contributed by atoms with Crippen LogP contribution in [0, 0.1) is 22.0 Å². The smallest absolute Gasteiger partial charge is 0.326 e. The molecule has 1 saturated carbocycles. The van der Waals surface area contributed by atoms with E-state index in [0.717, 1.165) is 19.3 Å². The van der Waals surface area contributed by atoms with Crippen LogP contribution in [0.15, 0.2) is 30.5 Å². The highest BCUT2D eigenvalue weighted by Crippen LogP contribution is 2.42. The Bertz CT molecular complexity index is 926. The van der Waals surface area contributed by atoms with Crippen LogP contribution in [-0.4, -0.2) is 54.4 Å². The van der Waals surface area contributed by atoms with E-state index in [1.54, 1.807) is 6.07 Å². The average molecular weight is 371 g/mol. The third-order valence-electron chi connectivity index (χ3n) is 5.42. The number of carboxylic acid groups (broad SMARTS) is 1. The maximum absolute atomic E-state index is 12.9. The molecule has 27 heavy (non-hydrogen) atoms. The number of aliphatic carboxylic acids is 1. The SMILES string of the molecule is O=C(O)C1C2CCCC2CN1C(=O)c1cn(-c2cccc([N+](=O)[O-])c2)nn1. The first kappa shape index (κ1) is 17.1. The molecule has 3 atom stereocenters. The van der Waals surface area contributed by atoms with Crippen LogP contribution in [0.4, 0.5) is 5.69 Å². The van der Waals surface area contributed by atoms with Crippen LogP contribution >= 0.6 is 0 Å². The molecule has 1 amide bonds. The summed E-state index contributed by atoms with van der Waals surface area (Å²) in [7, 11) is 0. The van der Waals surface area contributed by atoms with Gasteiger partial charge in [-0.25, -0.2) is 9.48 Å². The first-order chi connectivity index (χ1) is 13.0. The van der Waals surface area contributed by atoms with E-state index >= 15 is 0 Å². The largest absolute Gasteiger partial charge is 0.480 e. The number of non-ortho nitro benzene ring substituents is 1. The second-order valence-electron chi connectivity index (χ2n) is 6.92. The maximum Gasteiger partial charge on any atom is 0.326 e. The van der Waals surface area contributed by atoms with E-state index in [1.165, 1.54) is 34.0 Å². The molecule has 140 valence electrons. The minimum Gasteiger partial charge on any atom is -0.480 e. The van der Waals surface area contributed by atoms with Gasteiger partial charge in [-0.05, 0) is 30.7 Å². The standard InChI is InChI=1S/C17H17N5O5/c23-16(20-8-10-3-1-6-13(10)15(20)17(24)25)14-9-21(19-18-14)11-4-2-5-12(7-11)22(26)27/h2,4-5,7,9-10,13,15H,1,3,6,8H2,(H,24,25). The van der Waals surface area contributed by atoms with Gasteiger partial charge in [-0.1, -0.05) is 17.7 Å². The number of rotatable bonds is 4. The van der Waals surface area contributed by atoms with E-state index in [9.17, 15) is 24.8 Å². The molecule has 1 N–H and O–H groups in total. The van der Waals surface area contributed by atoms with Crippen LogP contribution in [0.1, 0.15) is 29.8 Å². The minimum absolute atomic E-state index is 0.0155. The molecule has 1 aromatic carbocycles. The molecule has 1 saturated heterocycles. The monoisotopic (exact) mass is 371 g/mol. The van der Waals surface area contributed by atoms with E-state index < -0.39 is 22.8 Å². The van der Waals surface area contributed by atoms with E-state index in [4.69, 9.17) is 0 Å². The fraction of sp³-hybridized carbons (Fsp3) is 0.412. The number of aromatic nitrogens is 3. The van der Waals surface area contributed by atoms with Crippen molar-refractivity contribution in [3.8, 4) is 5.69 Å². The van der Waals surface area contributed by atoms with Crippen LogP contribution in [0.5, 0.6) is 0 Å². The number of nitro benzene ring substituents is 1. The summed E-state index contributed by atoms with van der Waals surface area (Å²) < 4.78 is 1.27. The number of likely N-dealkylation sites (tertiary alicyclic amines) is 1. The molecule has 1 aromatic heterocycles. The Hall–Kier alpha value is -3.30. The van der Waals surface area contributed by atoms with Crippen LogP contribution in [0.3, 0.4) is 0 Å². The molecule has 4 rings (SSSR count). The molecule has 2 fully saturated rings. The number of hydrogen-bond acceptors (Lipinski definition) is 6. The third kappa shape index (κ3) is 2.92. The summed E-state index contributed by atoms with van der Waals surface area (Å²) in [5, 5.41) is 28.2. The highest BCUT2D eigenvalue weighted by atomic mass is 16.6. The summed E-state index contributed by atoms with van der Waals surface area (Å²) in [6.45, 7) is 0.407. The van der Waals surface area contributed by atoms with Gasteiger partial charge in [0, 0.05) is 18.7 Å². The predicted molar refractivity (Wildman–Crippen MR) is 91.3 cm³/mol. The molecule has 1 aliphatic heterocycles. The lowest BCUT2D eigenvalue weighted by atomic mass is 9.94. The lowest BCUT2D eigenvalue weighted by Crippen LogP contribution is -2.43. The summed E-state index contributed by atoms with van der Waals surface area (Å²) in [5.74, 6) is -1.28. The number of nitro groups is 1. The molecule has 0 spiro atoms. The Labute approximate surface area is 153 Å².